The van der Waals surface area contributed by atoms with Crippen LogP contribution in [0.1, 0.15) is 0 Å². The topological polar surface area (TPSA) is 77.3 Å². The minimum absolute atomic E-state index is 0.0271. The SMILES string of the molecule is CNc1cc(Oc2cccnc2)cc([N+](=O)[O-])c1. The van der Waals surface area contributed by atoms with E-state index in [2.05, 4.69) is 10.3 Å². The van der Waals surface area contributed by atoms with E-state index in [9.17, 15) is 10.1 Å². The third-order valence-corrected chi connectivity index (χ3v) is 2.26. The minimum Gasteiger partial charge on any atom is -0.455 e. The van der Waals surface area contributed by atoms with Crippen molar-refractivity contribution in [1.29, 1.82) is 0 Å². The summed E-state index contributed by atoms with van der Waals surface area (Å²) in [6.45, 7) is 0. The van der Waals surface area contributed by atoms with E-state index in [1.54, 1.807) is 31.4 Å². The predicted octanol–water partition coefficient (Wildman–Crippen LogP) is 2.82. The highest BCUT2D eigenvalue weighted by Crippen LogP contribution is 2.28. The van der Waals surface area contributed by atoms with Gasteiger partial charge in [-0.25, -0.2) is 0 Å². The fourth-order valence-corrected chi connectivity index (χ4v) is 1.44. The fourth-order valence-electron chi connectivity index (χ4n) is 1.44. The quantitative estimate of drug-likeness (QED) is 0.662. The molecule has 0 atom stereocenters. The van der Waals surface area contributed by atoms with Gasteiger partial charge in [-0.2, -0.15) is 0 Å². The molecule has 0 aliphatic rings. The molecule has 0 radical (unpaired) electrons. The van der Waals surface area contributed by atoms with E-state index in [0.717, 1.165) is 0 Å². The predicted molar refractivity (Wildman–Crippen MR) is 67.0 cm³/mol. The van der Waals surface area contributed by atoms with E-state index in [4.69, 9.17) is 4.74 Å². The summed E-state index contributed by atoms with van der Waals surface area (Å²) >= 11 is 0. The summed E-state index contributed by atoms with van der Waals surface area (Å²) in [5.74, 6) is 0.918. The van der Waals surface area contributed by atoms with Gasteiger partial charge in [0, 0.05) is 31.1 Å². The van der Waals surface area contributed by atoms with E-state index in [-0.39, 0.29) is 5.69 Å². The molecule has 0 bridgehead atoms. The van der Waals surface area contributed by atoms with Crippen molar-refractivity contribution < 1.29 is 9.66 Å². The van der Waals surface area contributed by atoms with E-state index in [0.29, 0.717) is 17.2 Å². The molecular formula is C12H11N3O3. The zero-order chi connectivity index (χ0) is 13.0. The molecule has 92 valence electrons. The first-order valence-electron chi connectivity index (χ1n) is 5.24. The summed E-state index contributed by atoms with van der Waals surface area (Å²) in [7, 11) is 1.69. The Morgan fingerprint density at radius 3 is 2.78 bits per heavy atom. The number of rotatable bonds is 4. The van der Waals surface area contributed by atoms with Crippen LogP contribution in [0.4, 0.5) is 11.4 Å². The van der Waals surface area contributed by atoms with Gasteiger partial charge < -0.3 is 10.1 Å². The van der Waals surface area contributed by atoms with Crippen LogP contribution >= 0.6 is 0 Å². The highest BCUT2D eigenvalue weighted by Gasteiger charge is 2.10. The Bertz CT molecular complexity index is 558. The van der Waals surface area contributed by atoms with Gasteiger partial charge in [-0.15, -0.1) is 0 Å². The van der Waals surface area contributed by atoms with Gasteiger partial charge in [0.15, 0.2) is 0 Å². The van der Waals surface area contributed by atoms with Gasteiger partial charge in [0.05, 0.1) is 17.2 Å². The van der Waals surface area contributed by atoms with Crippen molar-refractivity contribution in [2.24, 2.45) is 0 Å². The van der Waals surface area contributed by atoms with Crippen molar-refractivity contribution in [3.05, 3.63) is 52.8 Å². The number of nitro benzene ring substituents is 1. The first-order valence-corrected chi connectivity index (χ1v) is 5.24. The second kappa shape index (κ2) is 5.13. The molecule has 2 aromatic rings. The Hall–Kier alpha value is -2.63. The van der Waals surface area contributed by atoms with Crippen molar-refractivity contribution in [2.45, 2.75) is 0 Å². The number of ether oxygens (including phenoxy) is 1. The molecule has 2 rings (SSSR count). The van der Waals surface area contributed by atoms with Gasteiger partial charge in [-0.05, 0) is 12.1 Å². The number of nitro groups is 1. The Morgan fingerprint density at radius 1 is 1.33 bits per heavy atom. The normalized spacial score (nSPS) is 9.83. The van der Waals surface area contributed by atoms with E-state index in [1.807, 2.05) is 0 Å². The van der Waals surface area contributed by atoms with Crippen molar-refractivity contribution in [3.63, 3.8) is 0 Å². The van der Waals surface area contributed by atoms with Crippen LogP contribution in [0.25, 0.3) is 0 Å². The van der Waals surface area contributed by atoms with Gasteiger partial charge >= 0.3 is 0 Å². The lowest BCUT2D eigenvalue weighted by Crippen LogP contribution is -1.94. The largest absolute Gasteiger partial charge is 0.455 e. The molecule has 0 aliphatic heterocycles. The molecule has 1 heterocycles. The van der Waals surface area contributed by atoms with Gasteiger partial charge in [0.1, 0.15) is 11.5 Å². The number of aromatic nitrogens is 1. The van der Waals surface area contributed by atoms with Crippen LogP contribution in [0.3, 0.4) is 0 Å². The van der Waals surface area contributed by atoms with Crippen LogP contribution in [0.5, 0.6) is 11.5 Å². The molecule has 0 unspecified atom stereocenters. The standard InChI is InChI=1S/C12H11N3O3/c1-13-9-5-10(15(16)17)7-12(6-9)18-11-3-2-4-14-8-11/h2-8,13H,1H3. The Labute approximate surface area is 103 Å². The summed E-state index contributed by atoms with van der Waals surface area (Å²) in [5.41, 5.74) is 0.587. The third-order valence-electron chi connectivity index (χ3n) is 2.26. The summed E-state index contributed by atoms with van der Waals surface area (Å²) in [5, 5.41) is 13.6. The molecule has 1 N–H and O–H groups in total. The fraction of sp³-hybridized carbons (Fsp3) is 0.0833. The zero-order valence-corrected chi connectivity index (χ0v) is 9.66. The molecule has 18 heavy (non-hydrogen) atoms. The molecule has 0 fully saturated rings. The number of nitrogens with one attached hydrogen (secondary N) is 1. The van der Waals surface area contributed by atoms with Crippen LogP contribution in [0.15, 0.2) is 42.7 Å². The number of anilines is 1. The number of benzene rings is 1. The van der Waals surface area contributed by atoms with Gasteiger partial charge in [-0.3, -0.25) is 15.1 Å². The van der Waals surface area contributed by atoms with E-state index >= 15 is 0 Å². The molecule has 0 amide bonds. The van der Waals surface area contributed by atoms with Gasteiger partial charge in [0.2, 0.25) is 0 Å². The smallest absolute Gasteiger partial charge is 0.275 e. The second-order valence-corrected chi connectivity index (χ2v) is 3.51. The first kappa shape index (κ1) is 11.8. The monoisotopic (exact) mass is 245 g/mol. The van der Waals surface area contributed by atoms with Gasteiger partial charge in [0.25, 0.3) is 5.69 Å². The first-order chi connectivity index (χ1) is 8.69. The Balaban J connectivity index is 2.32. The average molecular weight is 245 g/mol. The van der Waals surface area contributed by atoms with Crippen LogP contribution in [-0.2, 0) is 0 Å². The number of pyridine rings is 1. The Kier molecular flexibility index (Phi) is 3.38. The maximum atomic E-state index is 10.8. The number of hydrogen-bond donors (Lipinski definition) is 1. The average Bonchev–Trinajstić information content (AvgIpc) is 2.39. The summed E-state index contributed by atoms with van der Waals surface area (Å²) in [6.07, 6.45) is 3.16. The van der Waals surface area contributed by atoms with Crippen LogP contribution in [0.2, 0.25) is 0 Å². The van der Waals surface area contributed by atoms with Crippen LogP contribution in [-0.4, -0.2) is 17.0 Å². The molecule has 0 spiro atoms. The minimum atomic E-state index is -0.461. The molecule has 1 aromatic carbocycles. The highest BCUT2D eigenvalue weighted by atomic mass is 16.6. The molecule has 6 heteroatoms. The molecule has 0 aliphatic carbocycles. The summed E-state index contributed by atoms with van der Waals surface area (Å²) in [4.78, 5) is 14.2. The zero-order valence-electron chi connectivity index (χ0n) is 9.66. The lowest BCUT2D eigenvalue weighted by atomic mass is 10.2. The van der Waals surface area contributed by atoms with Crippen molar-refractivity contribution in [1.82, 2.24) is 4.98 Å². The lowest BCUT2D eigenvalue weighted by molar-refractivity contribution is -0.384. The van der Waals surface area contributed by atoms with Crippen LogP contribution in [0, 0.1) is 10.1 Å². The Morgan fingerprint density at radius 2 is 2.17 bits per heavy atom. The van der Waals surface area contributed by atoms with E-state index < -0.39 is 4.92 Å². The molecule has 6 nitrogen and oxygen atoms in total. The molecular weight excluding hydrogens is 234 g/mol. The van der Waals surface area contributed by atoms with Crippen molar-refractivity contribution >= 4 is 11.4 Å². The van der Waals surface area contributed by atoms with Gasteiger partial charge in [-0.1, -0.05) is 0 Å². The number of non-ortho nitro benzene ring substituents is 1. The summed E-state index contributed by atoms with van der Waals surface area (Å²) in [6, 6.07) is 7.94. The van der Waals surface area contributed by atoms with Crippen molar-refractivity contribution in [2.75, 3.05) is 12.4 Å². The maximum absolute atomic E-state index is 10.8. The van der Waals surface area contributed by atoms with Crippen molar-refractivity contribution in [3.8, 4) is 11.5 Å². The highest BCUT2D eigenvalue weighted by molar-refractivity contribution is 5.56. The third kappa shape index (κ3) is 2.73. The maximum Gasteiger partial charge on any atom is 0.275 e. The lowest BCUT2D eigenvalue weighted by Gasteiger charge is -2.07. The van der Waals surface area contributed by atoms with E-state index in [1.165, 1.54) is 18.3 Å². The van der Waals surface area contributed by atoms with Crippen LogP contribution < -0.4 is 10.1 Å². The summed E-state index contributed by atoms with van der Waals surface area (Å²) < 4.78 is 5.50. The second-order valence-electron chi connectivity index (χ2n) is 3.51. The molecule has 1 aromatic heterocycles. The number of hydrogen-bond acceptors (Lipinski definition) is 5. The molecule has 0 saturated heterocycles. The number of nitrogens with zero attached hydrogens (tertiary/aromatic N) is 2. The molecule has 0 saturated carbocycles.